The molecule has 96 valence electrons. The number of nitrogens with zero attached hydrogens (tertiary/aromatic N) is 6. The van der Waals surface area contributed by atoms with Crippen molar-refractivity contribution in [2.75, 3.05) is 30.9 Å². The van der Waals surface area contributed by atoms with Gasteiger partial charge in [0, 0.05) is 26.8 Å². The predicted molar refractivity (Wildman–Crippen MR) is 73.1 cm³/mol. The largest absolute Gasteiger partial charge is 0.354 e. The minimum absolute atomic E-state index is 0.482. The summed E-state index contributed by atoms with van der Waals surface area (Å²) in [5.74, 6) is 1.61. The van der Waals surface area contributed by atoms with Crippen molar-refractivity contribution in [3.63, 3.8) is 0 Å². The molecule has 0 saturated heterocycles. The van der Waals surface area contributed by atoms with Crippen LogP contribution in [0.5, 0.6) is 0 Å². The second-order valence-electron chi connectivity index (χ2n) is 3.79. The van der Waals surface area contributed by atoms with Crippen molar-refractivity contribution in [3.05, 3.63) is 16.9 Å². The minimum Gasteiger partial charge on any atom is -0.354 e. The van der Waals surface area contributed by atoms with E-state index < -0.39 is 0 Å². The Hall–Kier alpha value is -1.70. The molecule has 0 unspecified atom stereocenters. The first-order chi connectivity index (χ1) is 8.60. The van der Waals surface area contributed by atoms with Crippen molar-refractivity contribution in [2.45, 2.75) is 6.92 Å². The fraction of sp³-hybridized carbons (Fsp3) is 0.400. The van der Waals surface area contributed by atoms with Crippen molar-refractivity contribution in [3.8, 4) is 5.95 Å². The molecule has 0 amide bonds. The summed E-state index contributed by atoms with van der Waals surface area (Å²) in [5.41, 5.74) is 0. The molecule has 0 spiro atoms. The molecule has 2 heterocycles. The second kappa shape index (κ2) is 5.30. The van der Waals surface area contributed by atoms with Gasteiger partial charge in [-0.25, -0.2) is 4.68 Å². The van der Waals surface area contributed by atoms with Gasteiger partial charge in [-0.3, -0.25) is 0 Å². The smallest absolute Gasteiger partial charge is 0.257 e. The first-order valence-electron chi connectivity index (χ1n) is 5.48. The number of halogens is 1. The molecule has 0 aliphatic rings. The van der Waals surface area contributed by atoms with Crippen molar-refractivity contribution in [2.24, 2.45) is 0 Å². The predicted octanol–water partition coefficient (Wildman–Crippen LogP) is 1.32. The van der Waals surface area contributed by atoms with Crippen LogP contribution in [0.3, 0.4) is 0 Å². The average Bonchev–Trinajstić information content (AvgIpc) is 2.76. The van der Waals surface area contributed by atoms with Crippen LogP contribution >= 0.6 is 15.9 Å². The first-order valence-corrected chi connectivity index (χ1v) is 6.27. The number of rotatable bonds is 4. The van der Waals surface area contributed by atoms with E-state index in [0.29, 0.717) is 17.8 Å². The van der Waals surface area contributed by atoms with E-state index in [-0.39, 0.29) is 0 Å². The summed E-state index contributed by atoms with van der Waals surface area (Å²) in [4.78, 5) is 14.8. The van der Waals surface area contributed by atoms with Gasteiger partial charge in [0.15, 0.2) is 0 Å². The highest BCUT2D eigenvalue weighted by Gasteiger charge is 2.10. The summed E-state index contributed by atoms with van der Waals surface area (Å²) < 4.78 is 2.47. The van der Waals surface area contributed by atoms with E-state index in [1.165, 1.54) is 0 Å². The van der Waals surface area contributed by atoms with Crippen LogP contribution in [0, 0.1) is 0 Å². The van der Waals surface area contributed by atoms with E-state index in [1.54, 1.807) is 17.1 Å². The van der Waals surface area contributed by atoms with Gasteiger partial charge in [0.1, 0.15) is 0 Å². The van der Waals surface area contributed by atoms with E-state index in [9.17, 15) is 0 Å². The van der Waals surface area contributed by atoms with Crippen LogP contribution in [0.2, 0.25) is 0 Å². The molecule has 0 aliphatic carbocycles. The summed E-state index contributed by atoms with van der Waals surface area (Å²) in [7, 11) is 3.77. The second-order valence-corrected chi connectivity index (χ2v) is 4.70. The topological polar surface area (TPSA) is 71.8 Å². The van der Waals surface area contributed by atoms with Crippen molar-refractivity contribution >= 4 is 27.8 Å². The molecule has 2 aromatic heterocycles. The molecular formula is C10H14BrN7. The Morgan fingerprint density at radius 3 is 2.67 bits per heavy atom. The van der Waals surface area contributed by atoms with Gasteiger partial charge >= 0.3 is 0 Å². The van der Waals surface area contributed by atoms with Crippen LogP contribution in [-0.2, 0) is 0 Å². The Kier molecular flexibility index (Phi) is 3.75. The molecule has 2 rings (SSSR count). The minimum atomic E-state index is 0.482. The van der Waals surface area contributed by atoms with Gasteiger partial charge in [-0.1, -0.05) is 0 Å². The number of anilines is 2. The molecule has 1 N–H and O–H groups in total. The van der Waals surface area contributed by atoms with Crippen LogP contribution in [0.1, 0.15) is 6.92 Å². The molecule has 7 nitrogen and oxygen atoms in total. The maximum atomic E-state index is 4.34. The third-order valence-corrected chi connectivity index (χ3v) is 2.51. The summed E-state index contributed by atoms with van der Waals surface area (Å²) in [6.07, 6.45) is 3.48. The maximum Gasteiger partial charge on any atom is 0.257 e. The summed E-state index contributed by atoms with van der Waals surface area (Å²) in [6.45, 7) is 2.74. The van der Waals surface area contributed by atoms with Crippen LogP contribution in [0.4, 0.5) is 11.9 Å². The molecule has 0 atom stereocenters. The average molecular weight is 312 g/mol. The van der Waals surface area contributed by atoms with Crippen molar-refractivity contribution < 1.29 is 0 Å². The van der Waals surface area contributed by atoms with E-state index in [2.05, 4.69) is 41.3 Å². The molecule has 0 bridgehead atoms. The van der Waals surface area contributed by atoms with Gasteiger partial charge in [0.2, 0.25) is 11.9 Å². The lowest BCUT2D eigenvalue weighted by molar-refractivity contribution is 0.788. The Morgan fingerprint density at radius 2 is 2.11 bits per heavy atom. The van der Waals surface area contributed by atoms with Crippen molar-refractivity contribution in [1.82, 2.24) is 24.7 Å². The van der Waals surface area contributed by atoms with Crippen LogP contribution < -0.4 is 10.2 Å². The highest BCUT2D eigenvalue weighted by molar-refractivity contribution is 9.10. The van der Waals surface area contributed by atoms with E-state index in [4.69, 9.17) is 0 Å². The monoisotopic (exact) mass is 311 g/mol. The Morgan fingerprint density at radius 1 is 1.33 bits per heavy atom. The third kappa shape index (κ3) is 2.76. The van der Waals surface area contributed by atoms with E-state index >= 15 is 0 Å². The lowest BCUT2D eigenvalue weighted by atomic mass is 10.7. The molecule has 0 fully saturated rings. The van der Waals surface area contributed by atoms with Crippen molar-refractivity contribution in [1.29, 1.82) is 0 Å². The highest BCUT2D eigenvalue weighted by atomic mass is 79.9. The van der Waals surface area contributed by atoms with Gasteiger partial charge in [-0.15, -0.1) is 0 Å². The lowest BCUT2D eigenvalue weighted by Gasteiger charge is -2.12. The SMILES string of the molecule is CCNc1nc(N(C)C)nc(-n2cc(Br)cn2)n1. The Labute approximate surface area is 113 Å². The zero-order valence-corrected chi connectivity index (χ0v) is 12.0. The Balaban J connectivity index is 2.45. The Bertz CT molecular complexity index is 537. The molecule has 0 aromatic carbocycles. The fourth-order valence-electron chi connectivity index (χ4n) is 1.30. The van der Waals surface area contributed by atoms with Crippen LogP contribution in [0.15, 0.2) is 16.9 Å². The molecule has 8 heteroatoms. The van der Waals surface area contributed by atoms with Gasteiger partial charge in [-0.2, -0.15) is 20.1 Å². The van der Waals surface area contributed by atoms with Gasteiger partial charge in [-0.05, 0) is 22.9 Å². The van der Waals surface area contributed by atoms with Crippen LogP contribution in [-0.4, -0.2) is 45.4 Å². The molecule has 0 radical (unpaired) electrons. The molecule has 18 heavy (non-hydrogen) atoms. The molecule has 0 aliphatic heterocycles. The quantitative estimate of drug-likeness (QED) is 0.918. The molecule has 0 saturated carbocycles. The molecular weight excluding hydrogens is 298 g/mol. The summed E-state index contributed by atoms with van der Waals surface area (Å²) in [6, 6.07) is 0. The van der Waals surface area contributed by atoms with E-state index in [0.717, 1.165) is 11.0 Å². The summed E-state index contributed by atoms with van der Waals surface area (Å²) in [5, 5.41) is 7.24. The zero-order chi connectivity index (χ0) is 13.1. The van der Waals surface area contributed by atoms with E-state index in [1.807, 2.05) is 25.9 Å². The number of aromatic nitrogens is 5. The van der Waals surface area contributed by atoms with Gasteiger partial charge < -0.3 is 10.2 Å². The number of hydrogen-bond donors (Lipinski definition) is 1. The third-order valence-electron chi connectivity index (χ3n) is 2.10. The first kappa shape index (κ1) is 12.7. The highest BCUT2D eigenvalue weighted by Crippen LogP contribution is 2.13. The number of hydrogen-bond acceptors (Lipinski definition) is 6. The standard InChI is InChI=1S/C10H14BrN7/c1-4-12-8-14-9(17(2)3)16-10(15-8)18-6-7(11)5-13-18/h5-6H,4H2,1-3H3,(H,12,14,15,16). The van der Waals surface area contributed by atoms with Gasteiger partial charge in [0.25, 0.3) is 5.95 Å². The molecule has 2 aromatic rings. The van der Waals surface area contributed by atoms with Gasteiger partial charge in [0.05, 0.1) is 10.7 Å². The zero-order valence-electron chi connectivity index (χ0n) is 10.4. The maximum absolute atomic E-state index is 4.34. The van der Waals surface area contributed by atoms with Crippen LogP contribution in [0.25, 0.3) is 5.95 Å². The fourth-order valence-corrected chi connectivity index (χ4v) is 1.59. The number of nitrogens with one attached hydrogen (secondary N) is 1. The summed E-state index contributed by atoms with van der Waals surface area (Å²) >= 11 is 3.35. The normalized spacial score (nSPS) is 10.4. The lowest BCUT2D eigenvalue weighted by Crippen LogP contribution is -2.17.